The van der Waals surface area contributed by atoms with E-state index < -0.39 is 0 Å². The van der Waals surface area contributed by atoms with E-state index in [0.717, 1.165) is 6.42 Å². The molecular weight excluding hydrogens is 452 g/mol. The summed E-state index contributed by atoms with van der Waals surface area (Å²) in [7, 11) is 0. The third-order valence-corrected chi connectivity index (χ3v) is 5.87. The molecule has 32 heavy (non-hydrogen) atoms. The number of thioether (sulfide) groups is 1. The van der Waals surface area contributed by atoms with Crippen LogP contribution >= 0.6 is 23.4 Å². The lowest BCUT2D eigenvalue weighted by molar-refractivity contribution is -0.113. The van der Waals surface area contributed by atoms with Gasteiger partial charge in [-0.3, -0.25) is 4.79 Å². The number of fused-ring (bicyclic) bond motifs is 1. The van der Waals surface area contributed by atoms with Crippen LogP contribution in [0.5, 0.6) is 17.2 Å². The number of ether oxygens (including phenoxy) is 3. The molecule has 1 N–H and O–H groups in total. The number of nitrogens with zero attached hydrogens (tertiary/aromatic N) is 3. The molecule has 8 nitrogen and oxygen atoms in total. The number of benzene rings is 2. The molecule has 0 bridgehead atoms. The molecule has 0 aliphatic carbocycles. The van der Waals surface area contributed by atoms with E-state index in [-0.39, 0.29) is 18.3 Å². The average molecular weight is 475 g/mol. The number of nitrogens with one attached hydrogen (secondary N) is 1. The van der Waals surface area contributed by atoms with E-state index in [4.69, 9.17) is 25.8 Å². The normalized spacial score (nSPS) is 12.8. The number of hydrogen-bond donors (Lipinski definition) is 1. The summed E-state index contributed by atoms with van der Waals surface area (Å²) >= 11 is 7.22. The van der Waals surface area contributed by atoms with Gasteiger partial charge in [0.25, 0.3) is 0 Å². The highest BCUT2D eigenvalue weighted by atomic mass is 35.5. The van der Waals surface area contributed by atoms with Crippen molar-refractivity contribution in [3.8, 4) is 17.2 Å². The summed E-state index contributed by atoms with van der Waals surface area (Å²) in [5.74, 6) is 2.78. The van der Waals surface area contributed by atoms with E-state index in [1.54, 1.807) is 36.4 Å². The first-order valence-corrected chi connectivity index (χ1v) is 11.6. The van der Waals surface area contributed by atoms with Crippen molar-refractivity contribution in [1.29, 1.82) is 0 Å². The first kappa shape index (κ1) is 22.3. The third-order valence-electron chi connectivity index (χ3n) is 4.65. The summed E-state index contributed by atoms with van der Waals surface area (Å²) in [5.41, 5.74) is 0.661. The average Bonchev–Trinajstić information content (AvgIpc) is 3.04. The van der Waals surface area contributed by atoms with E-state index >= 15 is 0 Å². The molecule has 0 fully saturated rings. The molecule has 1 aromatic heterocycles. The summed E-state index contributed by atoms with van der Waals surface area (Å²) < 4.78 is 19.0. The Morgan fingerprint density at radius 3 is 2.72 bits per heavy atom. The second-order valence-electron chi connectivity index (χ2n) is 6.93. The number of carbonyl (C=O) groups excluding carboxylic acids is 1. The molecule has 4 rings (SSSR count). The van der Waals surface area contributed by atoms with E-state index in [1.807, 2.05) is 17.6 Å². The van der Waals surface area contributed by atoms with Gasteiger partial charge in [-0.2, -0.15) is 0 Å². The van der Waals surface area contributed by atoms with Crippen LogP contribution in [-0.4, -0.2) is 39.6 Å². The molecule has 1 aliphatic heterocycles. The van der Waals surface area contributed by atoms with Gasteiger partial charge in [-0.15, -0.1) is 10.2 Å². The van der Waals surface area contributed by atoms with Gasteiger partial charge in [0.2, 0.25) is 5.91 Å². The molecule has 0 radical (unpaired) electrons. The number of anilines is 1. The van der Waals surface area contributed by atoms with E-state index in [9.17, 15) is 4.79 Å². The summed E-state index contributed by atoms with van der Waals surface area (Å²) in [4.78, 5) is 12.5. The van der Waals surface area contributed by atoms with E-state index in [0.29, 0.717) is 58.7 Å². The van der Waals surface area contributed by atoms with Crippen LogP contribution in [0.2, 0.25) is 5.02 Å². The molecule has 0 spiro atoms. The highest BCUT2D eigenvalue weighted by Crippen LogP contribution is 2.32. The van der Waals surface area contributed by atoms with Crippen molar-refractivity contribution in [2.75, 3.05) is 24.3 Å². The van der Waals surface area contributed by atoms with Gasteiger partial charge in [-0.1, -0.05) is 23.4 Å². The number of amides is 1. The van der Waals surface area contributed by atoms with Gasteiger partial charge >= 0.3 is 0 Å². The van der Waals surface area contributed by atoms with Crippen LogP contribution in [-0.2, 0) is 17.9 Å². The van der Waals surface area contributed by atoms with Gasteiger partial charge in [-0.05, 0) is 43.3 Å². The Kier molecular flexibility index (Phi) is 7.39. The SMILES string of the molecule is CCn1c(COc2ccc(Cl)cc2)nnc1SCC(=O)Nc1ccc2c(c1)OCCCO2. The second-order valence-corrected chi connectivity index (χ2v) is 8.31. The molecule has 2 heterocycles. The van der Waals surface area contributed by atoms with E-state index in [2.05, 4.69) is 15.5 Å². The van der Waals surface area contributed by atoms with Crippen LogP contribution in [0.15, 0.2) is 47.6 Å². The van der Waals surface area contributed by atoms with Crippen molar-refractivity contribution >= 4 is 35.0 Å². The Bertz CT molecular complexity index is 1070. The molecule has 0 saturated heterocycles. The van der Waals surface area contributed by atoms with Gasteiger partial charge in [0.15, 0.2) is 22.5 Å². The summed E-state index contributed by atoms with van der Waals surface area (Å²) in [6, 6.07) is 12.5. The maximum atomic E-state index is 12.5. The minimum Gasteiger partial charge on any atom is -0.490 e. The third kappa shape index (κ3) is 5.66. The number of aromatic nitrogens is 3. The van der Waals surface area contributed by atoms with Crippen molar-refractivity contribution in [3.63, 3.8) is 0 Å². The Morgan fingerprint density at radius 2 is 1.94 bits per heavy atom. The first-order chi connectivity index (χ1) is 15.6. The fraction of sp³-hybridized carbons (Fsp3) is 0.318. The number of carbonyl (C=O) groups is 1. The number of halogens is 1. The second kappa shape index (κ2) is 10.6. The van der Waals surface area contributed by atoms with Crippen LogP contribution in [0.4, 0.5) is 5.69 Å². The lowest BCUT2D eigenvalue weighted by Crippen LogP contribution is -2.15. The predicted molar refractivity (Wildman–Crippen MR) is 123 cm³/mol. The Morgan fingerprint density at radius 1 is 1.16 bits per heavy atom. The quantitative estimate of drug-likeness (QED) is 0.483. The first-order valence-electron chi connectivity index (χ1n) is 10.2. The summed E-state index contributed by atoms with van der Waals surface area (Å²) in [5, 5.41) is 12.6. The monoisotopic (exact) mass is 474 g/mol. The van der Waals surface area contributed by atoms with Crippen molar-refractivity contribution in [1.82, 2.24) is 14.8 Å². The largest absolute Gasteiger partial charge is 0.490 e. The highest BCUT2D eigenvalue weighted by molar-refractivity contribution is 7.99. The fourth-order valence-electron chi connectivity index (χ4n) is 3.10. The van der Waals surface area contributed by atoms with Crippen LogP contribution in [0.3, 0.4) is 0 Å². The summed E-state index contributed by atoms with van der Waals surface area (Å²) in [6.07, 6.45) is 0.831. The predicted octanol–water partition coefficient (Wildman–Crippen LogP) is 4.42. The standard InChI is InChI=1S/C22H23ClN4O4S/c1-2-27-20(13-31-17-7-4-15(23)5-8-17)25-26-22(27)32-14-21(28)24-16-6-9-18-19(12-16)30-11-3-10-29-18/h4-9,12H,2-3,10-11,13-14H2,1H3,(H,24,28). The molecular formula is C22H23ClN4O4S. The van der Waals surface area contributed by atoms with Gasteiger partial charge in [-0.25, -0.2) is 0 Å². The van der Waals surface area contributed by atoms with Crippen LogP contribution in [0, 0.1) is 0 Å². The van der Waals surface area contributed by atoms with Gasteiger partial charge in [0, 0.05) is 29.7 Å². The van der Waals surface area contributed by atoms with Gasteiger partial charge < -0.3 is 24.1 Å². The van der Waals surface area contributed by atoms with Crippen molar-refractivity contribution < 1.29 is 19.0 Å². The van der Waals surface area contributed by atoms with Crippen molar-refractivity contribution in [2.45, 2.75) is 31.7 Å². The van der Waals surface area contributed by atoms with Crippen LogP contribution in [0.1, 0.15) is 19.2 Å². The van der Waals surface area contributed by atoms with Crippen LogP contribution in [0.25, 0.3) is 0 Å². The zero-order chi connectivity index (χ0) is 22.3. The fourth-order valence-corrected chi connectivity index (χ4v) is 4.04. The lowest BCUT2D eigenvalue weighted by Gasteiger charge is -2.11. The lowest BCUT2D eigenvalue weighted by atomic mass is 10.2. The van der Waals surface area contributed by atoms with Crippen molar-refractivity contribution in [2.24, 2.45) is 0 Å². The highest BCUT2D eigenvalue weighted by Gasteiger charge is 2.15. The molecule has 1 amide bonds. The maximum absolute atomic E-state index is 12.5. The van der Waals surface area contributed by atoms with Crippen molar-refractivity contribution in [3.05, 3.63) is 53.3 Å². The minimum atomic E-state index is -0.144. The molecule has 10 heteroatoms. The van der Waals surface area contributed by atoms with E-state index in [1.165, 1.54) is 11.8 Å². The van der Waals surface area contributed by atoms with Crippen LogP contribution < -0.4 is 19.5 Å². The van der Waals surface area contributed by atoms with Gasteiger partial charge in [0.05, 0.1) is 19.0 Å². The molecule has 2 aromatic carbocycles. The minimum absolute atomic E-state index is 0.144. The Hall–Kier alpha value is -2.91. The number of rotatable bonds is 8. The molecule has 0 unspecified atom stereocenters. The molecule has 0 atom stereocenters. The smallest absolute Gasteiger partial charge is 0.234 e. The zero-order valence-electron chi connectivity index (χ0n) is 17.5. The molecule has 168 valence electrons. The molecule has 3 aromatic rings. The number of hydrogen-bond acceptors (Lipinski definition) is 7. The molecule has 1 aliphatic rings. The zero-order valence-corrected chi connectivity index (χ0v) is 19.1. The Labute approximate surface area is 195 Å². The summed E-state index contributed by atoms with van der Waals surface area (Å²) in [6.45, 7) is 4.15. The molecule has 0 saturated carbocycles. The maximum Gasteiger partial charge on any atom is 0.234 e. The van der Waals surface area contributed by atoms with Gasteiger partial charge in [0.1, 0.15) is 12.4 Å². The topological polar surface area (TPSA) is 87.5 Å². The Balaban J connectivity index is 1.32.